The van der Waals surface area contributed by atoms with Crippen LogP contribution in [0.4, 0.5) is 29.5 Å². The van der Waals surface area contributed by atoms with Gasteiger partial charge in [0.15, 0.2) is 17.3 Å². The van der Waals surface area contributed by atoms with Crippen LogP contribution in [-0.4, -0.2) is 54.4 Å². The van der Waals surface area contributed by atoms with Crippen molar-refractivity contribution < 1.29 is 32.2 Å². The van der Waals surface area contributed by atoms with E-state index in [-0.39, 0.29) is 40.6 Å². The molecule has 1 N–H and O–H groups in total. The average Bonchev–Trinajstić information content (AvgIpc) is 2.85. The van der Waals surface area contributed by atoms with Gasteiger partial charge in [-0.25, -0.2) is 19.2 Å². The Morgan fingerprint density at radius 2 is 2.00 bits per heavy atom. The topological polar surface area (TPSA) is 85.8 Å². The number of carbonyl (C=O) groups is 1. The molecule has 0 bridgehead atoms. The van der Waals surface area contributed by atoms with E-state index < -0.39 is 18.5 Å². The van der Waals surface area contributed by atoms with Gasteiger partial charge in [0.2, 0.25) is 0 Å². The first-order chi connectivity index (χ1) is 16.9. The van der Waals surface area contributed by atoms with Crippen molar-refractivity contribution in [1.29, 1.82) is 0 Å². The monoisotopic (exact) mass is 510 g/mol. The van der Waals surface area contributed by atoms with Crippen molar-refractivity contribution in [2.45, 2.75) is 19.5 Å². The summed E-state index contributed by atoms with van der Waals surface area (Å²) >= 11 is 5.87. The minimum absolute atomic E-state index is 0.0470. The largest absolute Gasteiger partial charge is 0.493 e. The van der Waals surface area contributed by atoms with Crippen LogP contribution >= 0.6 is 11.6 Å². The number of aromatic nitrogens is 2. The van der Waals surface area contributed by atoms with Crippen molar-refractivity contribution in [3.8, 4) is 11.5 Å². The normalized spacial score (nSPS) is 14.4. The van der Waals surface area contributed by atoms with Gasteiger partial charge in [-0.05, 0) is 37.0 Å². The molecule has 1 saturated heterocycles. The number of anilines is 2. The Morgan fingerprint density at radius 1 is 1.23 bits per heavy atom. The molecule has 35 heavy (non-hydrogen) atoms. The van der Waals surface area contributed by atoms with E-state index in [4.69, 9.17) is 21.1 Å². The maximum absolute atomic E-state index is 14.4. The summed E-state index contributed by atoms with van der Waals surface area (Å²) in [4.78, 5) is 22.7. The Labute approximate surface area is 203 Å². The number of benzene rings is 2. The third-order valence-corrected chi connectivity index (χ3v) is 5.95. The number of piperidine rings is 1. The number of methoxy groups -OCH3 is 1. The maximum Gasteiger partial charge on any atom is 0.415 e. The summed E-state index contributed by atoms with van der Waals surface area (Å²) in [6, 6.07) is 7.64. The summed E-state index contributed by atoms with van der Waals surface area (Å²) in [6.07, 6.45) is 1.73. The molecule has 0 saturated carbocycles. The van der Waals surface area contributed by atoms with E-state index in [1.54, 1.807) is 12.1 Å². The molecular formula is C23H22ClF3N4O4. The molecule has 8 nitrogen and oxygen atoms in total. The number of rotatable bonds is 7. The first kappa shape index (κ1) is 24.8. The Balaban J connectivity index is 1.53. The third kappa shape index (κ3) is 5.85. The van der Waals surface area contributed by atoms with E-state index in [0.29, 0.717) is 36.8 Å². The first-order valence-corrected chi connectivity index (χ1v) is 11.1. The number of nitrogens with one attached hydrogen (secondary N) is 1. The highest BCUT2D eigenvalue weighted by atomic mass is 35.5. The lowest BCUT2D eigenvalue weighted by Gasteiger charge is -2.31. The Kier molecular flexibility index (Phi) is 7.76. The lowest BCUT2D eigenvalue weighted by atomic mass is 9.98. The molecule has 2 aromatic carbocycles. The molecule has 0 unspecified atom stereocenters. The summed E-state index contributed by atoms with van der Waals surface area (Å²) in [5.74, 6) is -0.0254. The molecule has 12 heteroatoms. The van der Waals surface area contributed by atoms with Crippen molar-refractivity contribution in [3.63, 3.8) is 0 Å². The van der Waals surface area contributed by atoms with Gasteiger partial charge in [-0.15, -0.1) is 0 Å². The van der Waals surface area contributed by atoms with E-state index >= 15 is 0 Å². The van der Waals surface area contributed by atoms with Crippen LogP contribution in [0.15, 0.2) is 36.7 Å². The number of hydrogen-bond donors (Lipinski definition) is 1. The molecule has 3 aromatic rings. The summed E-state index contributed by atoms with van der Waals surface area (Å²) in [7, 11) is 1.43. The molecule has 1 aromatic heterocycles. The fraction of sp³-hybridized carbons (Fsp3) is 0.348. The zero-order valence-corrected chi connectivity index (χ0v) is 19.4. The van der Waals surface area contributed by atoms with Gasteiger partial charge in [-0.1, -0.05) is 17.7 Å². The molecule has 4 rings (SSSR count). The van der Waals surface area contributed by atoms with Crippen molar-refractivity contribution in [1.82, 2.24) is 14.9 Å². The van der Waals surface area contributed by atoms with Gasteiger partial charge in [-0.2, -0.15) is 8.78 Å². The van der Waals surface area contributed by atoms with Crippen molar-refractivity contribution in [2.24, 2.45) is 5.92 Å². The van der Waals surface area contributed by atoms with Crippen LogP contribution < -0.4 is 14.8 Å². The second-order valence-electron chi connectivity index (χ2n) is 7.86. The fourth-order valence-electron chi connectivity index (χ4n) is 3.78. The summed E-state index contributed by atoms with van der Waals surface area (Å²) < 4.78 is 54.2. The second kappa shape index (κ2) is 11.0. The molecule has 1 aliphatic heterocycles. The predicted octanol–water partition coefficient (Wildman–Crippen LogP) is 5.62. The molecule has 0 atom stereocenters. The highest BCUT2D eigenvalue weighted by molar-refractivity contribution is 6.31. The summed E-state index contributed by atoms with van der Waals surface area (Å²) in [5.41, 5.74) is 0.590. The Morgan fingerprint density at radius 3 is 2.71 bits per heavy atom. The SMILES string of the molecule is COc1cc2ncnc(Nc3cccc(Cl)c3F)c2cc1OC(=O)N1CCC(COC(F)F)CC1. The van der Waals surface area contributed by atoms with Gasteiger partial charge in [0.25, 0.3) is 0 Å². The van der Waals surface area contributed by atoms with Crippen LogP contribution in [0.1, 0.15) is 12.8 Å². The van der Waals surface area contributed by atoms with Crippen molar-refractivity contribution >= 4 is 40.1 Å². The molecule has 1 aliphatic rings. The maximum atomic E-state index is 14.4. The fourth-order valence-corrected chi connectivity index (χ4v) is 3.96. The van der Waals surface area contributed by atoms with Crippen LogP contribution in [0.2, 0.25) is 5.02 Å². The number of amides is 1. The molecule has 0 spiro atoms. The van der Waals surface area contributed by atoms with Crippen molar-refractivity contribution in [3.05, 3.63) is 47.5 Å². The second-order valence-corrected chi connectivity index (χ2v) is 8.27. The van der Waals surface area contributed by atoms with Crippen LogP contribution in [0.5, 0.6) is 11.5 Å². The smallest absolute Gasteiger partial charge is 0.415 e. The standard InChI is InChI=1S/C23H22ClF3N4O4/c1-33-18-10-17-14(21(29-12-28-17)30-16-4-2-3-15(24)20(16)25)9-19(18)35-23(32)31-7-5-13(6-8-31)11-34-22(26)27/h2-4,9-10,12-13,22H,5-8,11H2,1H3,(H,28,29,30). The zero-order chi connectivity index (χ0) is 24.9. The van der Waals surface area contributed by atoms with Gasteiger partial charge >= 0.3 is 12.7 Å². The van der Waals surface area contributed by atoms with E-state index in [1.807, 2.05) is 0 Å². The highest BCUT2D eigenvalue weighted by Crippen LogP contribution is 2.36. The number of ether oxygens (including phenoxy) is 3. The Hall–Kier alpha value is -3.31. The molecule has 2 heterocycles. The van der Waals surface area contributed by atoms with E-state index in [2.05, 4.69) is 20.0 Å². The van der Waals surface area contributed by atoms with Crippen LogP contribution in [0, 0.1) is 11.7 Å². The summed E-state index contributed by atoms with van der Waals surface area (Å²) in [5, 5.41) is 3.30. The van der Waals surface area contributed by atoms with Crippen LogP contribution in [0.25, 0.3) is 10.9 Å². The van der Waals surface area contributed by atoms with Gasteiger partial charge in [0.1, 0.15) is 12.1 Å². The lowest BCUT2D eigenvalue weighted by molar-refractivity contribution is -0.140. The number of likely N-dealkylation sites (tertiary alicyclic amines) is 1. The van der Waals surface area contributed by atoms with Crippen LogP contribution in [-0.2, 0) is 4.74 Å². The lowest BCUT2D eigenvalue weighted by Crippen LogP contribution is -2.41. The highest BCUT2D eigenvalue weighted by Gasteiger charge is 2.26. The molecule has 0 aliphatic carbocycles. The van der Waals surface area contributed by atoms with Crippen LogP contribution in [0.3, 0.4) is 0 Å². The first-order valence-electron chi connectivity index (χ1n) is 10.8. The van der Waals surface area contributed by atoms with Gasteiger partial charge in [0, 0.05) is 24.5 Å². The number of nitrogens with zero attached hydrogens (tertiary/aromatic N) is 3. The van der Waals surface area contributed by atoms with Gasteiger partial charge in [-0.3, -0.25) is 0 Å². The molecule has 0 radical (unpaired) electrons. The predicted molar refractivity (Wildman–Crippen MR) is 123 cm³/mol. The molecule has 1 fully saturated rings. The number of alkyl halides is 2. The number of hydrogen-bond acceptors (Lipinski definition) is 7. The van der Waals surface area contributed by atoms with Crippen molar-refractivity contribution in [2.75, 3.05) is 32.1 Å². The quantitative estimate of drug-likeness (QED) is 0.441. The van der Waals surface area contributed by atoms with E-state index in [9.17, 15) is 18.0 Å². The molecular weight excluding hydrogens is 489 g/mol. The summed E-state index contributed by atoms with van der Waals surface area (Å²) in [6.45, 7) is -2.18. The number of fused-ring (bicyclic) bond motifs is 1. The Bertz CT molecular complexity index is 1210. The molecule has 186 valence electrons. The minimum atomic E-state index is -2.81. The van der Waals surface area contributed by atoms with Gasteiger partial charge < -0.3 is 24.4 Å². The third-order valence-electron chi connectivity index (χ3n) is 5.65. The van der Waals surface area contributed by atoms with E-state index in [1.165, 1.54) is 36.5 Å². The zero-order valence-electron chi connectivity index (χ0n) is 18.6. The van der Waals surface area contributed by atoms with Gasteiger partial charge in [0.05, 0.1) is 29.9 Å². The average molecular weight is 511 g/mol. The number of halogens is 4. The number of carbonyl (C=O) groups excluding carboxylic acids is 1. The molecule has 1 amide bonds. The van der Waals surface area contributed by atoms with E-state index in [0.717, 1.165) is 0 Å². The minimum Gasteiger partial charge on any atom is -0.493 e.